The molecule has 0 spiro atoms. The molecule has 1 aromatic heterocycles. The van der Waals surface area contributed by atoms with Crippen molar-refractivity contribution in [2.75, 3.05) is 17.6 Å². The minimum Gasteiger partial charge on any atom is -0.338 e. The van der Waals surface area contributed by atoms with E-state index in [1.54, 1.807) is 6.07 Å². The fourth-order valence-electron chi connectivity index (χ4n) is 2.97. The normalized spacial score (nSPS) is 14.7. The lowest BCUT2D eigenvalue weighted by atomic mass is 10.1. The smallest absolute Gasteiger partial charge is 0.338 e. The zero-order valence-electron chi connectivity index (χ0n) is 15.5. The third-order valence-electron chi connectivity index (χ3n) is 4.42. The molecule has 0 bridgehead atoms. The molecule has 154 valence electrons. The molecule has 1 aliphatic heterocycles. The molecular weight excluding hydrogens is 403 g/mol. The van der Waals surface area contributed by atoms with Gasteiger partial charge < -0.3 is 10.2 Å². The van der Waals surface area contributed by atoms with Crippen molar-refractivity contribution in [3.63, 3.8) is 0 Å². The number of nitrogens with zero attached hydrogens (tertiary/aromatic N) is 2. The summed E-state index contributed by atoms with van der Waals surface area (Å²) >= 11 is 1.06. The van der Waals surface area contributed by atoms with E-state index in [0.717, 1.165) is 49.0 Å². The summed E-state index contributed by atoms with van der Waals surface area (Å²) < 4.78 is 37.6. The maximum absolute atomic E-state index is 12.5. The van der Waals surface area contributed by atoms with Crippen LogP contribution in [-0.4, -0.2) is 34.0 Å². The number of hydrogen-bond acceptors (Lipinski definition) is 4. The zero-order valence-corrected chi connectivity index (χ0v) is 16.4. The number of thioether (sulfide) groups is 1. The Kier molecular flexibility index (Phi) is 6.79. The van der Waals surface area contributed by atoms with E-state index in [2.05, 4.69) is 10.3 Å². The van der Waals surface area contributed by atoms with Crippen LogP contribution in [0.3, 0.4) is 0 Å². The summed E-state index contributed by atoms with van der Waals surface area (Å²) in [5.41, 5.74) is 0.711. The molecule has 1 N–H and O–H groups in total. The monoisotopic (exact) mass is 423 g/mol. The summed E-state index contributed by atoms with van der Waals surface area (Å²) in [7, 11) is 0. The highest BCUT2D eigenvalue weighted by atomic mass is 32.2. The first-order valence-electron chi connectivity index (χ1n) is 9.14. The van der Waals surface area contributed by atoms with Crippen LogP contribution in [0.15, 0.2) is 47.6 Å². The van der Waals surface area contributed by atoms with Gasteiger partial charge in [0.15, 0.2) is 0 Å². The van der Waals surface area contributed by atoms with Crippen molar-refractivity contribution in [3.8, 4) is 0 Å². The summed E-state index contributed by atoms with van der Waals surface area (Å²) in [6.07, 6.45) is -1.18. The molecule has 2 amide bonds. The predicted molar refractivity (Wildman–Crippen MR) is 104 cm³/mol. The lowest BCUT2D eigenvalue weighted by Gasteiger charge is -2.26. The van der Waals surface area contributed by atoms with Gasteiger partial charge in [-0.25, -0.2) is 4.98 Å². The van der Waals surface area contributed by atoms with E-state index in [4.69, 9.17) is 0 Å². The highest BCUT2D eigenvalue weighted by molar-refractivity contribution is 7.99. The van der Waals surface area contributed by atoms with E-state index in [-0.39, 0.29) is 17.6 Å². The predicted octanol–water partition coefficient (Wildman–Crippen LogP) is 4.34. The zero-order chi connectivity index (χ0) is 20.9. The van der Waals surface area contributed by atoms with Gasteiger partial charge in [0.05, 0.1) is 16.3 Å². The van der Waals surface area contributed by atoms with Gasteiger partial charge >= 0.3 is 6.18 Å². The third kappa shape index (κ3) is 6.22. The minimum absolute atomic E-state index is 0.0210. The highest BCUT2D eigenvalue weighted by Gasteiger charge is 2.30. The average molecular weight is 423 g/mol. The quantitative estimate of drug-likeness (QED) is 0.702. The van der Waals surface area contributed by atoms with Crippen LogP contribution in [-0.2, 0) is 22.3 Å². The number of benzene rings is 1. The van der Waals surface area contributed by atoms with Gasteiger partial charge in [-0.3, -0.25) is 9.59 Å². The van der Waals surface area contributed by atoms with Crippen LogP contribution in [0.1, 0.15) is 30.4 Å². The average Bonchev–Trinajstić information content (AvgIpc) is 2.68. The van der Waals surface area contributed by atoms with Crippen LogP contribution in [0.2, 0.25) is 0 Å². The number of aromatic nitrogens is 1. The standard InChI is InChI=1S/C20H20F3N3O2S/c21-20(22,23)15-7-8-18(24-11-15)29-13-17(27)25-16-5-3-4-14(10-16)12-26-9-2-1-6-19(26)28/h3-5,7-8,10-11H,1-2,6,9,12-13H2,(H,25,27). The number of amides is 2. The van der Waals surface area contributed by atoms with E-state index >= 15 is 0 Å². The Balaban J connectivity index is 1.52. The van der Waals surface area contributed by atoms with E-state index in [9.17, 15) is 22.8 Å². The molecule has 1 saturated heterocycles. The lowest BCUT2D eigenvalue weighted by molar-refractivity contribution is -0.138. The number of carbonyl (C=O) groups excluding carboxylic acids is 2. The molecule has 3 rings (SSSR count). The number of halogens is 3. The van der Waals surface area contributed by atoms with Gasteiger partial charge in [0.1, 0.15) is 0 Å². The van der Waals surface area contributed by atoms with Gasteiger partial charge in [-0.15, -0.1) is 0 Å². The number of likely N-dealkylation sites (tertiary alicyclic amines) is 1. The maximum atomic E-state index is 12.5. The molecule has 29 heavy (non-hydrogen) atoms. The Morgan fingerprint density at radius 1 is 1.21 bits per heavy atom. The largest absolute Gasteiger partial charge is 0.417 e. The molecule has 9 heteroatoms. The molecule has 0 atom stereocenters. The Hall–Kier alpha value is -2.55. The first-order valence-corrected chi connectivity index (χ1v) is 10.1. The summed E-state index contributed by atoms with van der Waals surface area (Å²) in [5, 5.41) is 3.10. The Labute approximate surface area is 170 Å². The molecule has 0 saturated carbocycles. The molecular formula is C20H20F3N3O2S. The number of nitrogens with one attached hydrogen (secondary N) is 1. The van der Waals surface area contributed by atoms with Gasteiger partial charge in [0.25, 0.3) is 0 Å². The van der Waals surface area contributed by atoms with Gasteiger partial charge in [-0.2, -0.15) is 13.2 Å². The summed E-state index contributed by atoms with van der Waals surface area (Å²) in [6.45, 7) is 1.25. The van der Waals surface area contributed by atoms with Crippen LogP contribution in [0.5, 0.6) is 0 Å². The van der Waals surface area contributed by atoms with Gasteiger partial charge in [0.2, 0.25) is 11.8 Å². The second kappa shape index (κ2) is 9.30. The van der Waals surface area contributed by atoms with Crippen molar-refractivity contribution in [3.05, 3.63) is 53.7 Å². The van der Waals surface area contributed by atoms with Gasteiger partial charge in [0, 0.05) is 31.4 Å². The molecule has 1 fully saturated rings. The fraction of sp³-hybridized carbons (Fsp3) is 0.350. The summed E-state index contributed by atoms with van der Waals surface area (Å²) in [6, 6.07) is 9.47. The van der Waals surface area contributed by atoms with Crippen LogP contribution < -0.4 is 5.32 Å². The van der Waals surface area contributed by atoms with Gasteiger partial charge in [-0.05, 0) is 42.7 Å². The second-order valence-electron chi connectivity index (χ2n) is 6.69. The molecule has 1 aliphatic rings. The maximum Gasteiger partial charge on any atom is 0.417 e. The van der Waals surface area contributed by atoms with Crippen molar-refractivity contribution in [2.45, 2.75) is 37.0 Å². The molecule has 5 nitrogen and oxygen atoms in total. The third-order valence-corrected chi connectivity index (χ3v) is 5.36. The number of alkyl halides is 3. The van der Waals surface area contributed by atoms with Crippen molar-refractivity contribution in [1.82, 2.24) is 9.88 Å². The van der Waals surface area contributed by atoms with Crippen LogP contribution >= 0.6 is 11.8 Å². The van der Waals surface area contributed by atoms with E-state index in [0.29, 0.717) is 23.7 Å². The number of anilines is 1. The first-order chi connectivity index (χ1) is 13.8. The minimum atomic E-state index is -4.43. The van der Waals surface area contributed by atoms with Crippen molar-refractivity contribution in [1.29, 1.82) is 0 Å². The van der Waals surface area contributed by atoms with Crippen molar-refractivity contribution < 1.29 is 22.8 Å². The van der Waals surface area contributed by atoms with Gasteiger partial charge in [-0.1, -0.05) is 23.9 Å². The Bertz CT molecular complexity index is 872. The Morgan fingerprint density at radius 3 is 2.72 bits per heavy atom. The summed E-state index contributed by atoms with van der Waals surface area (Å²) in [4.78, 5) is 29.7. The van der Waals surface area contributed by atoms with Crippen molar-refractivity contribution in [2.24, 2.45) is 0 Å². The molecule has 0 radical (unpaired) electrons. The molecule has 0 unspecified atom stereocenters. The number of carbonyl (C=O) groups is 2. The van der Waals surface area contributed by atoms with E-state index < -0.39 is 11.7 Å². The van der Waals surface area contributed by atoms with E-state index in [1.165, 1.54) is 6.07 Å². The van der Waals surface area contributed by atoms with Crippen LogP contribution in [0.4, 0.5) is 18.9 Å². The van der Waals surface area contributed by atoms with E-state index in [1.807, 2.05) is 23.1 Å². The Morgan fingerprint density at radius 2 is 2.03 bits per heavy atom. The number of piperidine rings is 1. The van der Waals surface area contributed by atoms with Crippen molar-refractivity contribution >= 4 is 29.3 Å². The molecule has 2 heterocycles. The molecule has 2 aromatic rings. The van der Waals surface area contributed by atoms with Crippen LogP contribution in [0, 0.1) is 0 Å². The topological polar surface area (TPSA) is 62.3 Å². The molecule has 1 aromatic carbocycles. The number of rotatable bonds is 6. The first kappa shape index (κ1) is 21.2. The number of pyridine rings is 1. The highest BCUT2D eigenvalue weighted by Crippen LogP contribution is 2.29. The SMILES string of the molecule is O=C(CSc1ccc(C(F)(F)F)cn1)Nc1cccc(CN2CCCCC2=O)c1. The summed E-state index contributed by atoms with van der Waals surface area (Å²) in [5.74, 6) is -0.123. The molecule has 0 aliphatic carbocycles. The fourth-order valence-corrected chi connectivity index (χ4v) is 3.61. The van der Waals surface area contributed by atoms with Crippen LogP contribution in [0.25, 0.3) is 0 Å². The second-order valence-corrected chi connectivity index (χ2v) is 7.69. The lowest BCUT2D eigenvalue weighted by Crippen LogP contribution is -2.34. The number of hydrogen-bond donors (Lipinski definition) is 1.